The van der Waals surface area contributed by atoms with Crippen LogP contribution in [0.5, 0.6) is 0 Å². The zero-order valence-corrected chi connectivity index (χ0v) is 11.1. The van der Waals surface area contributed by atoms with Crippen molar-refractivity contribution >= 4 is 0 Å². The Kier molecular flexibility index (Phi) is 3.45. The maximum absolute atomic E-state index is 12.8. The predicted molar refractivity (Wildman–Crippen MR) is 65.7 cm³/mol. The van der Waals surface area contributed by atoms with E-state index in [-0.39, 0.29) is 6.04 Å². The second-order valence-corrected chi connectivity index (χ2v) is 5.64. The van der Waals surface area contributed by atoms with E-state index in [9.17, 15) is 13.2 Å². The summed E-state index contributed by atoms with van der Waals surface area (Å²) >= 11 is 0. The molecule has 1 aliphatic heterocycles. The van der Waals surface area contributed by atoms with Crippen LogP contribution >= 0.6 is 0 Å². The molecule has 0 spiro atoms. The standard InChI is InChI=1S/C12H18F3N5/c13-12(14,15)11-18-17-10-7-19(4-5-20(10)11)9-3-1-2-8(16)6-9/h8-9H,1-7,16H2. The minimum Gasteiger partial charge on any atom is -0.328 e. The summed E-state index contributed by atoms with van der Waals surface area (Å²) < 4.78 is 39.5. The molecule has 0 aromatic carbocycles. The van der Waals surface area contributed by atoms with E-state index in [2.05, 4.69) is 15.1 Å². The lowest BCUT2D eigenvalue weighted by Gasteiger charge is -2.38. The third-order valence-electron chi connectivity index (χ3n) is 4.24. The van der Waals surface area contributed by atoms with Gasteiger partial charge in [0, 0.05) is 25.2 Å². The second-order valence-electron chi connectivity index (χ2n) is 5.64. The summed E-state index contributed by atoms with van der Waals surface area (Å²) in [6, 6.07) is 0.567. The Morgan fingerprint density at radius 1 is 1.15 bits per heavy atom. The highest BCUT2D eigenvalue weighted by molar-refractivity contribution is 5.03. The first kappa shape index (κ1) is 13.8. The molecule has 2 heterocycles. The maximum atomic E-state index is 12.8. The molecule has 1 aromatic heterocycles. The van der Waals surface area contributed by atoms with E-state index in [4.69, 9.17) is 5.73 Å². The van der Waals surface area contributed by atoms with Crippen molar-refractivity contribution in [3.63, 3.8) is 0 Å². The van der Waals surface area contributed by atoms with Gasteiger partial charge in [0.1, 0.15) is 5.82 Å². The number of aromatic nitrogens is 3. The van der Waals surface area contributed by atoms with E-state index in [0.29, 0.717) is 31.5 Å². The van der Waals surface area contributed by atoms with Crippen LogP contribution in [0.1, 0.15) is 37.3 Å². The van der Waals surface area contributed by atoms with Gasteiger partial charge in [0.2, 0.25) is 5.82 Å². The molecular weight excluding hydrogens is 271 g/mol. The number of halogens is 3. The molecule has 0 saturated heterocycles. The fourth-order valence-corrected chi connectivity index (χ4v) is 3.23. The molecule has 2 atom stereocenters. The third-order valence-corrected chi connectivity index (χ3v) is 4.24. The van der Waals surface area contributed by atoms with Crippen molar-refractivity contribution < 1.29 is 13.2 Å². The average Bonchev–Trinajstić information content (AvgIpc) is 2.81. The minimum atomic E-state index is -4.43. The van der Waals surface area contributed by atoms with Crippen molar-refractivity contribution in [2.24, 2.45) is 5.73 Å². The summed E-state index contributed by atoms with van der Waals surface area (Å²) in [5.74, 6) is -0.477. The maximum Gasteiger partial charge on any atom is 0.451 e. The monoisotopic (exact) mass is 289 g/mol. The molecule has 0 amide bonds. The van der Waals surface area contributed by atoms with Crippen LogP contribution in [0.2, 0.25) is 0 Å². The number of alkyl halides is 3. The van der Waals surface area contributed by atoms with Gasteiger partial charge in [-0.05, 0) is 19.3 Å². The smallest absolute Gasteiger partial charge is 0.328 e. The van der Waals surface area contributed by atoms with Crippen LogP contribution in [-0.2, 0) is 19.3 Å². The molecule has 2 N–H and O–H groups in total. The molecule has 20 heavy (non-hydrogen) atoms. The zero-order valence-electron chi connectivity index (χ0n) is 11.1. The zero-order chi connectivity index (χ0) is 14.3. The lowest BCUT2D eigenvalue weighted by atomic mass is 9.90. The molecule has 0 bridgehead atoms. The number of nitrogens with zero attached hydrogens (tertiary/aromatic N) is 4. The number of hydrogen-bond donors (Lipinski definition) is 1. The summed E-state index contributed by atoms with van der Waals surface area (Å²) in [5.41, 5.74) is 5.98. The van der Waals surface area contributed by atoms with Crippen molar-refractivity contribution in [2.75, 3.05) is 6.54 Å². The van der Waals surface area contributed by atoms with Gasteiger partial charge in [-0.2, -0.15) is 13.2 Å². The van der Waals surface area contributed by atoms with E-state index in [1.165, 1.54) is 4.57 Å². The molecule has 1 fully saturated rings. The van der Waals surface area contributed by atoms with Gasteiger partial charge in [0.15, 0.2) is 0 Å². The van der Waals surface area contributed by atoms with Crippen molar-refractivity contribution in [1.82, 2.24) is 19.7 Å². The molecule has 112 valence electrons. The van der Waals surface area contributed by atoms with Gasteiger partial charge in [-0.3, -0.25) is 4.90 Å². The van der Waals surface area contributed by atoms with Crippen molar-refractivity contribution in [3.05, 3.63) is 11.6 Å². The number of rotatable bonds is 1. The second kappa shape index (κ2) is 5.00. The van der Waals surface area contributed by atoms with Gasteiger partial charge < -0.3 is 10.3 Å². The topological polar surface area (TPSA) is 60.0 Å². The van der Waals surface area contributed by atoms with Gasteiger partial charge >= 0.3 is 6.18 Å². The Morgan fingerprint density at radius 3 is 2.65 bits per heavy atom. The van der Waals surface area contributed by atoms with E-state index < -0.39 is 12.0 Å². The summed E-state index contributed by atoms with van der Waals surface area (Å²) in [4.78, 5) is 2.20. The van der Waals surface area contributed by atoms with Gasteiger partial charge in [-0.1, -0.05) is 6.42 Å². The third kappa shape index (κ3) is 2.54. The van der Waals surface area contributed by atoms with Gasteiger partial charge in [0.05, 0.1) is 6.54 Å². The molecule has 5 nitrogen and oxygen atoms in total. The Labute approximate surface area is 114 Å². The molecule has 2 unspecified atom stereocenters. The van der Waals surface area contributed by atoms with Crippen molar-refractivity contribution in [2.45, 2.75) is 57.0 Å². The molecule has 1 aromatic rings. The van der Waals surface area contributed by atoms with E-state index in [1.807, 2.05) is 0 Å². The van der Waals surface area contributed by atoms with Crippen molar-refractivity contribution in [3.8, 4) is 0 Å². The summed E-state index contributed by atoms with van der Waals surface area (Å²) in [7, 11) is 0. The summed E-state index contributed by atoms with van der Waals surface area (Å²) in [6.45, 7) is 1.33. The number of fused-ring (bicyclic) bond motifs is 1. The summed E-state index contributed by atoms with van der Waals surface area (Å²) in [5, 5.41) is 7.01. The van der Waals surface area contributed by atoms with E-state index in [0.717, 1.165) is 25.7 Å². The highest BCUT2D eigenvalue weighted by Gasteiger charge is 2.40. The molecule has 8 heteroatoms. The van der Waals surface area contributed by atoms with E-state index >= 15 is 0 Å². The Bertz CT molecular complexity index is 484. The normalized spacial score (nSPS) is 28.4. The molecule has 1 saturated carbocycles. The Morgan fingerprint density at radius 2 is 1.95 bits per heavy atom. The molecular formula is C12H18F3N5. The van der Waals surface area contributed by atoms with Gasteiger partial charge in [0.25, 0.3) is 0 Å². The molecule has 3 rings (SSSR count). The Hall–Kier alpha value is -1.15. The van der Waals surface area contributed by atoms with Crippen molar-refractivity contribution in [1.29, 1.82) is 0 Å². The minimum absolute atomic E-state index is 0.208. The van der Waals surface area contributed by atoms with Crippen LogP contribution in [-0.4, -0.2) is 38.3 Å². The van der Waals surface area contributed by atoms with Crippen LogP contribution in [0.4, 0.5) is 13.2 Å². The first-order valence-electron chi connectivity index (χ1n) is 6.94. The van der Waals surface area contributed by atoms with Crippen LogP contribution in [0, 0.1) is 0 Å². The highest BCUT2D eigenvalue weighted by atomic mass is 19.4. The SMILES string of the molecule is NC1CCCC(N2CCn3c(nnc3C(F)(F)F)C2)C1. The van der Waals surface area contributed by atoms with Crippen LogP contribution in [0.25, 0.3) is 0 Å². The first-order valence-corrected chi connectivity index (χ1v) is 6.94. The van der Waals surface area contributed by atoms with Gasteiger partial charge in [-0.25, -0.2) is 0 Å². The molecule has 2 aliphatic rings. The highest BCUT2D eigenvalue weighted by Crippen LogP contribution is 2.31. The first-order chi connectivity index (χ1) is 9.45. The molecule has 0 radical (unpaired) electrons. The summed E-state index contributed by atoms with van der Waals surface area (Å²) in [6.07, 6.45) is -0.323. The van der Waals surface area contributed by atoms with Crippen LogP contribution in [0.15, 0.2) is 0 Å². The fourth-order valence-electron chi connectivity index (χ4n) is 3.23. The molecule has 1 aliphatic carbocycles. The van der Waals surface area contributed by atoms with Crippen LogP contribution < -0.4 is 5.73 Å². The average molecular weight is 289 g/mol. The lowest BCUT2D eigenvalue weighted by molar-refractivity contribution is -0.148. The lowest BCUT2D eigenvalue weighted by Crippen LogP contribution is -2.46. The largest absolute Gasteiger partial charge is 0.451 e. The Balaban J connectivity index is 1.75. The number of nitrogens with two attached hydrogens (primary N) is 1. The quantitative estimate of drug-likeness (QED) is 0.848. The predicted octanol–water partition coefficient (Wildman–Crippen LogP) is 1.38. The van der Waals surface area contributed by atoms with Gasteiger partial charge in [-0.15, -0.1) is 10.2 Å². The van der Waals surface area contributed by atoms with Crippen LogP contribution in [0.3, 0.4) is 0 Å². The van der Waals surface area contributed by atoms with E-state index in [1.54, 1.807) is 0 Å². The number of hydrogen-bond acceptors (Lipinski definition) is 4. The fraction of sp³-hybridized carbons (Fsp3) is 0.833.